The van der Waals surface area contributed by atoms with Crippen LogP contribution in [0.3, 0.4) is 0 Å². The molecule has 0 atom stereocenters. The minimum Gasteiger partial charge on any atom is -0.481 e. The van der Waals surface area contributed by atoms with Gasteiger partial charge in [-0.2, -0.15) is 0 Å². The summed E-state index contributed by atoms with van der Waals surface area (Å²) in [6, 6.07) is 0. The van der Waals surface area contributed by atoms with E-state index in [0.717, 1.165) is 6.54 Å². The smallest absolute Gasteiger partial charge is 0.304 e. The molecule has 0 aromatic heterocycles. The predicted octanol–water partition coefficient (Wildman–Crippen LogP) is 1.24. The van der Waals surface area contributed by atoms with Gasteiger partial charge in [-0.1, -0.05) is 6.92 Å². The molecule has 0 amide bonds. The van der Waals surface area contributed by atoms with Gasteiger partial charge in [0.05, 0.1) is 6.42 Å². The molecule has 70 valence electrons. The molecule has 2 N–H and O–H groups in total. The minimum absolute atomic E-state index is 0.236. The monoisotopic (exact) mass is 171 g/mol. The average Bonchev–Trinajstić information content (AvgIpc) is 2.79. The number of nitrogens with one attached hydrogen (secondary N) is 1. The lowest BCUT2D eigenvalue weighted by Crippen LogP contribution is -2.25. The summed E-state index contributed by atoms with van der Waals surface area (Å²) >= 11 is 0. The van der Waals surface area contributed by atoms with Crippen molar-refractivity contribution in [2.75, 3.05) is 13.1 Å². The molecule has 0 bridgehead atoms. The van der Waals surface area contributed by atoms with Crippen LogP contribution in [0.15, 0.2) is 0 Å². The molecule has 3 nitrogen and oxygen atoms in total. The van der Waals surface area contributed by atoms with Gasteiger partial charge in [0.25, 0.3) is 0 Å². The quantitative estimate of drug-likeness (QED) is 0.591. The number of hydrogen-bond acceptors (Lipinski definition) is 2. The number of carbonyl (C=O) groups is 1. The Morgan fingerprint density at radius 1 is 1.58 bits per heavy atom. The molecule has 0 spiro atoms. The highest BCUT2D eigenvalue weighted by molar-refractivity contribution is 5.66. The van der Waals surface area contributed by atoms with Gasteiger partial charge in [-0.25, -0.2) is 0 Å². The third-order valence-corrected chi connectivity index (χ3v) is 2.72. The Morgan fingerprint density at radius 3 is 2.67 bits per heavy atom. The number of rotatable bonds is 6. The minimum atomic E-state index is -0.719. The fourth-order valence-corrected chi connectivity index (χ4v) is 1.38. The van der Waals surface area contributed by atoms with Crippen molar-refractivity contribution in [1.82, 2.24) is 5.32 Å². The summed E-state index contributed by atoms with van der Waals surface area (Å²) < 4.78 is 0. The van der Waals surface area contributed by atoms with E-state index in [1.54, 1.807) is 0 Å². The molecule has 1 rings (SSSR count). The molecule has 1 saturated carbocycles. The Balaban J connectivity index is 1.99. The predicted molar refractivity (Wildman–Crippen MR) is 47.1 cm³/mol. The van der Waals surface area contributed by atoms with Gasteiger partial charge in [-0.15, -0.1) is 0 Å². The first-order valence-corrected chi connectivity index (χ1v) is 4.61. The molecule has 3 heteroatoms. The lowest BCUT2D eigenvalue weighted by molar-refractivity contribution is -0.136. The molecule has 0 aliphatic heterocycles. The third-order valence-electron chi connectivity index (χ3n) is 2.72. The molecular weight excluding hydrogens is 154 g/mol. The van der Waals surface area contributed by atoms with Crippen molar-refractivity contribution in [2.24, 2.45) is 5.41 Å². The molecule has 1 fully saturated rings. The number of aliphatic carboxylic acids is 1. The SMILES string of the molecule is CCC1(CNCCC(=O)O)CC1. The average molecular weight is 171 g/mol. The maximum Gasteiger partial charge on any atom is 0.304 e. The lowest BCUT2D eigenvalue weighted by Gasteiger charge is -2.12. The molecular formula is C9H17NO2. The standard InChI is InChI=1S/C9H17NO2/c1-2-9(4-5-9)7-10-6-3-8(11)12/h10H,2-7H2,1H3,(H,11,12). The molecule has 0 aromatic rings. The van der Waals surface area contributed by atoms with E-state index in [-0.39, 0.29) is 6.42 Å². The topological polar surface area (TPSA) is 49.3 Å². The Bertz CT molecular complexity index is 164. The second-order valence-electron chi connectivity index (χ2n) is 3.67. The van der Waals surface area contributed by atoms with Crippen LogP contribution in [-0.4, -0.2) is 24.2 Å². The van der Waals surface area contributed by atoms with E-state index >= 15 is 0 Å². The van der Waals surface area contributed by atoms with Crippen molar-refractivity contribution in [3.05, 3.63) is 0 Å². The Kier molecular flexibility index (Phi) is 3.09. The van der Waals surface area contributed by atoms with Crippen LogP contribution >= 0.6 is 0 Å². The van der Waals surface area contributed by atoms with Crippen molar-refractivity contribution >= 4 is 5.97 Å². The van der Waals surface area contributed by atoms with Gasteiger partial charge in [0.2, 0.25) is 0 Å². The van der Waals surface area contributed by atoms with E-state index in [4.69, 9.17) is 5.11 Å². The molecule has 0 unspecified atom stereocenters. The second kappa shape index (κ2) is 3.90. The van der Waals surface area contributed by atoms with E-state index in [1.165, 1.54) is 19.3 Å². The molecule has 0 saturated heterocycles. The fourth-order valence-electron chi connectivity index (χ4n) is 1.38. The maximum atomic E-state index is 10.2. The highest BCUT2D eigenvalue weighted by atomic mass is 16.4. The van der Waals surface area contributed by atoms with Crippen molar-refractivity contribution in [2.45, 2.75) is 32.6 Å². The summed E-state index contributed by atoms with van der Waals surface area (Å²) in [5.41, 5.74) is 0.526. The lowest BCUT2D eigenvalue weighted by atomic mass is 10.0. The van der Waals surface area contributed by atoms with Gasteiger partial charge in [0, 0.05) is 13.1 Å². The Hall–Kier alpha value is -0.570. The van der Waals surface area contributed by atoms with Crippen LogP contribution in [0.25, 0.3) is 0 Å². The summed E-state index contributed by atoms with van der Waals surface area (Å²) in [6.07, 6.45) is 4.07. The van der Waals surface area contributed by atoms with Crippen LogP contribution in [-0.2, 0) is 4.79 Å². The van der Waals surface area contributed by atoms with Crippen LogP contribution in [0.4, 0.5) is 0 Å². The number of hydrogen-bond donors (Lipinski definition) is 2. The van der Waals surface area contributed by atoms with Gasteiger partial charge in [-0.05, 0) is 24.7 Å². The second-order valence-corrected chi connectivity index (χ2v) is 3.67. The third kappa shape index (κ3) is 2.81. The molecule has 12 heavy (non-hydrogen) atoms. The first-order chi connectivity index (χ1) is 5.68. The fraction of sp³-hybridized carbons (Fsp3) is 0.889. The van der Waals surface area contributed by atoms with Gasteiger partial charge in [-0.3, -0.25) is 4.79 Å². The van der Waals surface area contributed by atoms with E-state index in [0.29, 0.717) is 12.0 Å². The van der Waals surface area contributed by atoms with Crippen molar-refractivity contribution < 1.29 is 9.90 Å². The van der Waals surface area contributed by atoms with Gasteiger partial charge < -0.3 is 10.4 Å². The first-order valence-electron chi connectivity index (χ1n) is 4.61. The highest BCUT2D eigenvalue weighted by Gasteiger charge is 2.39. The first kappa shape index (κ1) is 9.52. The number of carboxylic acid groups (broad SMARTS) is 1. The molecule has 0 aromatic carbocycles. The van der Waals surface area contributed by atoms with Crippen LogP contribution in [0.2, 0.25) is 0 Å². The zero-order valence-electron chi connectivity index (χ0n) is 7.60. The van der Waals surface area contributed by atoms with Crippen LogP contribution in [0.1, 0.15) is 32.6 Å². The largest absolute Gasteiger partial charge is 0.481 e. The van der Waals surface area contributed by atoms with Gasteiger partial charge in [0.1, 0.15) is 0 Å². The molecule has 1 aliphatic rings. The van der Waals surface area contributed by atoms with Crippen LogP contribution in [0, 0.1) is 5.41 Å². The van der Waals surface area contributed by atoms with Crippen LogP contribution < -0.4 is 5.32 Å². The maximum absolute atomic E-state index is 10.2. The summed E-state index contributed by atoms with van der Waals surface area (Å²) in [7, 11) is 0. The van der Waals surface area contributed by atoms with E-state index in [9.17, 15) is 4.79 Å². The van der Waals surface area contributed by atoms with E-state index < -0.39 is 5.97 Å². The molecule has 0 heterocycles. The summed E-state index contributed by atoms with van der Waals surface area (Å²) in [5.74, 6) is -0.719. The summed E-state index contributed by atoms with van der Waals surface area (Å²) in [5, 5.41) is 11.6. The summed E-state index contributed by atoms with van der Waals surface area (Å²) in [6.45, 7) is 3.81. The zero-order valence-corrected chi connectivity index (χ0v) is 7.60. The van der Waals surface area contributed by atoms with Crippen molar-refractivity contribution in [3.8, 4) is 0 Å². The van der Waals surface area contributed by atoms with E-state index in [1.807, 2.05) is 0 Å². The van der Waals surface area contributed by atoms with Crippen molar-refractivity contribution in [1.29, 1.82) is 0 Å². The van der Waals surface area contributed by atoms with Crippen molar-refractivity contribution in [3.63, 3.8) is 0 Å². The van der Waals surface area contributed by atoms with Gasteiger partial charge >= 0.3 is 5.97 Å². The van der Waals surface area contributed by atoms with E-state index in [2.05, 4.69) is 12.2 Å². The molecule has 1 aliphatic carbocycles. The highest BCUT2D eigenvalue weighted by Crippen LogP contribution is 2.47. The van der Waals surface area contributed by atoms with Gasteiger partial charge in [0.15, 0.2) is 0 Å². The Morgan fingerprint density at radius 2 is 2.25 bits per heavy atom. The zero-order chi connectivity index (χ0) is 9.03. The summed E-state index contributed by atoms with van der Waals surface area (Å²) in [4.78, 5) is 10.2. The Labute approximate surface area is 73.2 Å². The molecule has 0 radical (unpaired) electrons. The number of carboxylic acids is 1. The van der Waals surface area contributed by atoms with Crippen LogP contribution in [0.5, 0.6) is 0 Å². The normalized spacial score (nSPS) is 19.1.